The molecule has 0 bridgehead atoms. The van der Waals surface area contributed by atoms with Crippen LogP contribution in [0.2, 0.25) is 0 Å². The van der Waals surface area contributed by atoms with Crippen LogP contribution in [0.3, 0.4) is 0 Å². The average Bonchev–Trinajstić information content (AvgIpc) is 2.54. The van der Waals surface area contributed by atoms with E-state index in [1.807, 2.05) is 24.3 Å². The minimum absolute atomic E-state index is 0.523. The summed E-state index contributed by atoms with van der Waals surface area (Å²) in [5.41, 5.74) is 9.29. The maximum atomic E-state index is 5.89. The number of nitrogens with zero attached hydrogens (tertiary/aromatic N) is 2. The summed E-state index contributed by atoms with van der Waals surface area (Å²) in [5.74, 6) is 0.956. The zero-order valence-corrected chi connectivity index (χ0v) is 12.2. The second-order valence-electron chi connectivity index (χ2n) is 5.20. The van der Waals surface area contributed by atoms with Crippen molar-refractivity contribution in [1.82, 2.24) is 4.98 Å². The summed E-state index contributed by atoms with van der Waals surface area (Å²) in [4.78, 5) is 6.90. The van der Waals surface area contributed by atoms with Gasteiger partial charge in [0, 0.05) is 25.5 Å². The van der Waals surface area contributed by atoms with Crippen LogP contribution in [0.1, 0.15) is 11.1 Å². The zero-order chi connectivity index (χ0) is 14.7. The van der Waals surface area contributed by atoms with Gasteiger partial charge in [0.2, 0.25) is 0 Å². The predicted octanol–water partition coefficient (Wildman–Crippen LogP) is 3.33. The van der Waals surface area contributed by atoms with Crippen molar-refractivity contribution in [3.63, 3.8) is 0 Å². The van der Waals surface area contributed by atoms with E-state index in [-0.39, 0.29) is 0 Å². The molecule has 3 rings (SSSR count). The highest BCUT2D eigenvalue weighted by atomic mass is 15.2. The second kappa shape index (κ2) is 5.94. The Hall–Kier alpha value is -2.39. The molecule has 3 nitrogen and oxygen atoms in total. The molecule has 106 valence electrons. The van der Waals surface area contributed by atoms with Crippen molar-refractivity contribution in [3.8, 4) is 0 Å². The maximum Gasteiger partial charge on any atom is 0.129 e. The number of nitrogens with two attached hydrogens (primary N) is 1. The van der Waals surface area contributed by atoms with Crippen molar-refractivity contribution in [1.29, 1.82) is 0 Å². The Morgan fingerprint density at radius 2 is 1.71 bits per heavy atom. The molecule has 3 heteroatoms. The predicted molar refractivity (Wildman–Crippen MR) is 88.2 cm³/mol. The summed E-state index contributed by atoms with van der Waals surface area (Å²) in [7, 11) is 2.06. The number of hydrogen-bond acceptors (Lipinski definition) is 3. The first kappa shape index (κ1) is 13.6. The van der Waals surface area contributed by atoms with Gasteiger partial charge in [-0.1, -0.05) is 48.5 Å². The highest BCUT2D eigenvalue weighted by Crippen LogP contribution is 2.23. The lowest BCUT2D eigenvalue weighted by atomic mass is 10.1. The lowest BCUT2D eigenvalue weighted by Gasteiger charge is -2.20. The van der Waals surface area contributed by atoms with Gasteiger partial charge in [-0.25, -0.2) is 4.98 Å². The SMILES string of the molecule is CN(Cc1ccccc1)c1cc(CN)c2ccccc2n1. The Balaban J connectivity index is 1.96. The van der Waals surface area contributed by atoms with E-state index in [0.29, 0.717) is 6.54 Å². The van der Waals surface area contributed by atoms with Crippen molar-refractivity contribution >= 4 is 16.7 Å². The molecule has 0 atom stereocenters. The van der Waals surface area contributed by atoms with Gasteiger partial charge in [-0.05, 0) is 23.3 Å². The third kappa shape index (κ3) is 2.88. The van der Waals surface area contributed by atoms with Crippen LogP contribution >= 0.6 is 0 Å². The van der Waals surface area contributed by atoms with Crippen molar-refractivity contribution < 1.29 is 0 Å². The molecule has 0 unspecified atom stereocenters. The van der Waals surface area contributed by atoms with Crippen molar-refractivity contribution in [2.75, 3.05) is 11.9 Å². The molecule has 0 aliphatic carbocycles. The van der Waals surface area contributed by atoms with Crippen molar-refractivity contribution in [2.45, 2.75) is 13.1 Å². The second-order valence-corrected chi connectivity index (χ2v) is 5.20. The summed E-state index contributed by atoms with van der Waals surface area (Å²) >= 11 is 0. The number of pyridine rings is 1. The summed E-state index contributed by atoms with van der Waals surface area (Å²) in [5, 5.41) is 1.14. The highest BCUT2D eigenvalue weighted by molar-refractivity contribution is 5.84. The summed E-state index contributed by atoms with van der Waals surface area (Å²) in [6, 6.07) is 20.6. The van der Waals surface area contributed by atoms with E-state index in [0.717, 1.165) is 28.8 Å². The Labute approximate surface area is 125 Å². The van der Waals surface area contributed by atoms with Crippen LogP contribution in [0, 0.1) is 0 Å². The number of anilines is 1. The van der Waals surface area contributed by atoms with Crippen LogP contribution in [0.4, 0.5) is 5.82 Å². The molecule has 0 spiro atoms. The Morgan fingerprint density at radius 1 is 1.00 bits per heavy atom. The molecule has 0 amide bonds. The van der Waals surface area contributed by atoms with E-state index in [4.69, 9.17) is 10.7 Å². The maximum absolute atomic E-state index is 5.89. The normalized spacial score (nSPS) is 10.8. The number of rotatable bonds is 4. The van der Waals surface area contributed by atoms with Crippen LogP contribution in [0.5, 0.6) is 0 Å². The van der Waals surface area contributed by atoms with Crippen LogP contribution in [-0.2, 0) is 13.1 Å². The fourth-order valence-electron chi connectivity index (χ4n) is 2.53. The van der Waals surface area contributed by atoms with Crippen LogP contribution < -0.4 is 10.6 Å². The van der Waals surface area contributed by atoms with E-state index in [2.05, 4.69) is 48.3 Å². The average molecular weight is 277 g/mol. The Bertz CT molecular complexity index is 738. The molecule has 2 N–H and O–H groups in total. The van der Waals surface area contributed by atoms with Gasteiger partial charge in [0.05, 0.1) is 5.52 Å². The highest BCUT2D eigenvalue weighted by Gasteiger charge is 2.08. The first-order chi connectivity index (χ1) is 10.3. The summed E-state index contributed by atoms with van der Waals surface area (Å²) < 4.78 is 0. The van der Waals surface area contributed by atoms with Gasteiger partial charge in [-0.3, -0.25) is 0 Å². The lowest BCUT2D eigenvalue weighted by molar-refractivity contribution is 0.899. The van der Waals surface area contributed by atoms with Gasteiger partial charge in [-0.15, -0.1) is 0 Å². The van der Waals surface area contributed by atoms with E-state index in [9.17, 15) is 0 Å². The largest absolute Gasteiger partial charge is 0.355 e. The van der Waals surface area contributed by atoms with Crippen LogP contribution in [0.25, 0.3) is 10.9 Å². The topological polar surface area (TPSA) is 42.1 Å². The quantitative estimate of drug-likeness (QED) is 0.795. The van der Waals surface area contributed by atoms with Crippen LogP contribution in [-0.4, -0.2) is 12.0 Å². The molecule has 3 aromatic rings. The standard InChI is InChI=1S/C18H19N3/c1-21(13-14-7-3-2-4-8-14)18-11-15(12-19)16-9-5-6-10-17(16)20-18/h2-11H,12-13,19H2,1H3. The lowest BCUT2D eigenvalue weighted by Crippen LogP contribution is -2.18. The number of fused-ring (bicyclic) bond motifs is 1. The molecular weight excluding hydrogens is 258 g/mol. The molecule has 1 aromatic heterocycles. The summed E-state index contributed by atoms with van der Waals surface area (Å²) in [6.07, 6.45) is 0. The summed E-state index contributed by atoms with van der Waals surface area (Å²) in [6.45, 7) is 1.35. The monoisotopic (exact) mass is 277 g/mol. The molecule has 0 radical (unpaired) electrons. The molecule has 0 aliphatic rings. The van der Waals surface area contributed by atoms with Gasteiger partial charge >= 0.3 is 0 Å². The number of benzene rings is 2. The minimum Gasteiger partial charge on any atom is -0.355 e. The molecule has 1 heterocycles. The number of aromatic nitrogens is 1. The third-order valence-electron chi connectivity index (χ3n) is 3.66. The fourth-order valence-corrected chi connectivity index (χ4v) is 2.53. The Kier molecular flexibility index (Phi) is 3.84. The van der Waals surface area contributed by atoms with Gasteiger partial charge in [-0.2, -0.15) is 0 Å². The van der Waals surface area contributed by atoms with Gasteiger partial charge in [0.25, 0.3) is 0 Å². The van der Waals surface area contributed by atoms with Crippen molar-refractivity contribution in [2.24, 2.45) is 5.73 Å². The molecule has 0 aliphatic heterocycles. The number of hydrogen-bond donors (Lipinski definition) is 1. The fraction of sp³-hybridized carbons (Fsp3) is 0.167. The van der Waals surface area contributed by atoms with Crippen molar-refractivity contribution in [3.05, 3.63) is 71.8 Å². The molecule has 0 saturated carbocycles. The Morgan fingerprint density at radius 3 is 2.48 bits per heavy atom. The molecular formula is C18H19N3. The third-order valence-corrected chi connectivity index (χ3v) is 3.66. The van der Waals surface area contributed by atoms with E-state index in [1.165, 1.54) is 5.56 Å². The van der Waals surface area contributed by atoms with Gasteiger partial charge in [0.1, 0.15) is 5.82 Å². The van der Waals surface area contributed by atoms with E-state index >= 15 is 0 Å². The van der Waals surface area contributed by atoms with E-state index in [1.54, 1.807) is 0 Å². The van der Waals surface area contributed by atoms with E-state index < -0.39 is 0 Å². The first-order valence-electron chi connectivity index (χ1n) is 7.12. The smallest absolute Gasteiger partial charge is 0.129 e. The van der Waals surface area contributed by atoms with Gasteiger partial charge in [0.15, 0.2) is 0 Å². The van der Waals surface area contributed by atoms with Gasteiger partial charge < -0.3 is 10.6 Å². The zero-order valence-electron chi connectivity index (χ0n) is 12.2. The molecule has 2 aromatic carbocycles. The van der Waals surface area contributed by atoms with Crippen LogP contribution in [0.15, 0.2) is 60.7 Å². The first-order valence-corrected chi connectivity index (χ1v) is 7.12. The molecule has 0 saturated heterocycles. The molecule has 21 heavy (non-hydrogen) atoms. The number of para-hydroxylation sites is 1. The minimum atomic E-state index is 0.523. The molecule has 0 fully saturated rings.